The summed E-state index contributed by atoms with van der Waals surface area (Å²) in [5.74, 6) is -1.32. The number of sulfonamides is 1. The monoisotopic (exact) mass is 386 g/mol. The molecule has 0 unspecified atom stereocenters. The molecule has 2 aromatic carbocycles. The van der Waals surface area contributed by atoms with Crippen molar-refractivity contribution in [2.24, 2.45) is 0 Å². The van der Waals surface area contributed by atoms with Crippen LogP contribution in [0.3, 0.4) is 0 Å². The van der Waals surface area contributed by atoms with Crippen LogP contribution < -0.4 is 10.0 Å². The first-order chi connectivity index (χ1) is 12.8. The number of aryl methyl sites for hydroxylation is 1. The average molecular weight is 386 g/mol. The largest absolute Gasteiger partial charge is 0.478 e. The van der Waals surface area contributed by atoms with Crippen LogP contribution >= 0.6 is 0 Å². The minimum Gasteiger partial charge on any atom is -0.478 e. The zero-order chi connectivity index (χ0) is 19.2. The van der Waals surface area contributed by atoms with Crippen molar-refractivity contribution >= 4 is 27.6 Å². The first-order valence-corrected chi connectivity index (χ1v) is 10.2. The Labute approximate surface area is 156 Å². The number of carbonyl (C=O) groups excluding carboxylic acids is 1. The average Bonchev–Trinajstić information content (AvgIpc) is 3.09. The second kappa shape index (κ2) is 6.38. The molecule has 3 N–H and O–H groups in total. The van der Waals surface area contributed by atoms with Gasteiger partial charge in [0.05, 0.1) is 10.5 Å². The van der Waals surface area contributed by atoms with Crippen molar-refractivity contribution in [3.8, 4) is 0 Å². The second-order valence-electron chi connectivity index (χ2n) is 6.75. The molecule has 0 radical (unpaired) electrons. The van der Waals surface area contributed by atoms with Crippen molar-refractivity contribution in [2.75, 3.05) is 11.3 Å². The molecule has 2 aliphatic rings. The Kier molecular flexibility index (Phi) is 4.15. The molecule has 0 fully saturated rings. The van der Waals surface area contributed by atoms with E-state index in [4.69, 9.17) is 0 Å². The summed E-state index contributed by atoms with van der Waals surface area (Å²) >= 11 is 0. The Bertz CT molecular complexity index is 1080. The number of nitrogens with one attached hydrogen (secondary N) is 2. The van der Waals surface area contributed by atoms with Crippen LogP contribution in [0.15, 0.2) is 35.2 Å². The van der Waals surface area contributed by atoms with Crippen LogP contribution in [0.25, 0.3) is 0 Å². The molecule has 140 valence electrons. The van der Waals surface area contributed by atoms with Gasteiger partial charge in [-0.3, -0.25) is 9.52 Å². The summed E-state index contributed by atoms with van der Waals surface area (Å²) in [6.07, 6.45) is 2.71. The van der Waals surface area contributed by atoms with E-state index >= 15 is 0 Å². The molecule has 4 rings (SSSR count). The lowest BCUT2D eigenvalue weighted by molar-refractivity contribution is 0.0696. The molecule has 0 atom stereocenters. The zero-order valence-electron chi connectivity index (χ0n) is 14.4. The highest BCUT2D eigenvalue weighted by atomic mass is 32.2. The maximum atomic E-state index is 13.0. The summed E-state index contributed by atoms with van der Waals surface area (Å²) in [4.78, 5) is 23.2. The fraction of sp³-hybridized carbons (Fsp3) is 0.263. The van der Waals surface area contributed by atoms with E-state index in [-0.39, 0.29) is 16.4 Å². The molecule has 1 aliphatic heterocycles. The fourth-order valence-corrected chi connectivity index (χ4v) is 5.12. The SMILES string of the molecule is O=C(O)c1cc2c(c(S(=O)(=O)Nc3ccc4c(c3)CCNC4=O)c1)CCC2. The number of carbonyl (C=O) groups is 2. The summed E-state index contributed by atoms with van der Waals surface area (Å²) in [6.45, 7) is 0.510. The topological polar surface area (TPSA) is 113 Å². The van der Waals surface area contributed by atoms with Crippen LogP contribution in [0.1, 0.15) is 43.8 Å². The third-order valence-electron chi connectivity index (χ3n) is 4.99. The van der Waals surface area contributed by atoms with Gasteiger partial charge < -0.3 is 10.4 Å². The third kappa shape index (κ3) is 3.16. The number of anilines is 1. The van der Waals surface area contributed by atoms with E-state index in [9.17, 15) is 23.1 Å². The first kappa shape index (κ1) is 17.5. The Balaban J connectivity index is 1.73. The maximum absolute atomic E-state index is 13.0. The van der Waals surface area contributed by atoms with E-state index in [0.717, 1.165) is 17.5 Å². The molecule has 1 heterocycles. The highest BCUT2D eigenvalue weighted by Gasteiger charge is 2.27. The van der Waals surface area contributed by atoms with Gasteiger partial charge >= 0.3 is 5.97 Å². The molecule has 27 heavy (non-hydrogen) atoms. The Morgan fingerprint density at radius 2 is 1.89 bits per heavy atom. The van der Waals surface area contributed by atoms with Gasteiger partial charge in [0.1, 0.15) is 0 Å². The minimum atomic E-state index is -3.95. The van der Waals surface area contributed by atoms with Crippen LogP contribution in [0, 0.1) is 0 Å². The number of rotatable bonds is 4. The van der Waals surface area contributed by atoms with Gasteiger partial charge in [-0.15, -0.1) is 0 Å². The summed E-state index contributed by atoms with van der Waals surface area (Å²) < 4.78 is 28.5. The van der Waals surface area contributed by atoms with E-state index in [2.05, 4.69) is 10.0 Å². The van der Waals surface area contributed by atoms with E-state index in [0.29, 0.717) is 42.6 Å². The van der Waals surface area contributed by atoms with Gasteiger partial charge in [0.2, 0.25) is 0 Å². The smallest absolute Gasteiger partial charge is 0.335 e. The van der Waals surface area contributed by atoms with E-state index in [1.165, 1.54) is 6.07 Å². The molecular weight excluding hydrogens is 368 g/mol. The maximum Gasteiger partial charge on any atom is 0.335 e. The van der Waals surface area contributed by atoms with Gasteiger partial charge in [-0.25, -0.2) is 13.2 Å². The number of benzene rings is 2. The predicted molar refractivity (Wildman–Crippen MR) is 98.7 cm³/mol. The molecule has 1 amide bonds. The number of amides is 1. The third-order valence-corrected chi connectivity index (χ3v) is 6.44. The number of hydrogen-bond donors (Lipinski definition) is 3. The van der Waals surface area contributed by atoms with Crippen LogP contribution in [-0.2, 0) is 29.3 Å². The predicted octanol–water partition coefficient (Wildman–Crippen LogP) is 1.96. The quantitative estimate of drug-likeness (QED) is 0.744. The number of hydrogen-bond acceptors (Lipinski definition) is 4. The highest BCUT2D eigenvalue weighted by Crippen LogP contribution is 2.31. The van der Waals surface area contributed by atoms with Crippen LogP contribution in [0.4, 0.5) is 5.69 Å². The molecule has 1 aliphatic carbocycles. The molecule has 0 saturated heterocycles. The lowest BCUT2D eigenvalue weighted by Gasteiger charge is -2.18. The summed E-state index contributed by atoms with van der Waals surface area (Å²) in [5.41, 5.74) is 3.11. The minimum absolute atomic E-state index is 0.0189. The van der Waals surface area contributed by atoms with Gasteiger partial charge in [0.15, 0.2) is 0 Å². The summed E-state index contributed by atoms with van der Waals surface area (Å²) in [6, 6.07) is 7.58. The lowest BCUT2D eigenvalue weighted by Crippen LogP contribution is -2.31. The van der Waals surface area contributed by atoms with Crippen molar-refractivity contribution in [2.45, 2.75) is 30.6 Å². The van der Waals surface area contributed by atoms with Crippen molar-refractivity contribution in [3.63, 3.8) is 0 Å². The van der Waals surface area contributed by atoms with Crippen molar-refractivity contribution in [1.29, 1.82) is 0 Å². The Morgan fingerprint density at radius 3 is 2.67 bits per heavy atom. The van der Waals surface area contributed by atoms with Gasteiger partial charge in [-0.1, -0.05) is 0 Å². The molecule has 0 aromatic heterocycles. The molecule has 0 spiro atoms. The number of aromatic carboxylic acids is 1. The fourth-order valence-electron chi connectivity index (χ4n) is 3.73. The summed E-state index contributed by atoms with van der Waals surface area (Å²) in [5, 5.41) is 12.0. The normalized spacial score (nSPS) is 15.6. The van der Waals surface area contributed by atoms with E-state index < -0.39 is 16.0 Å². The van der Waals surface area contributed by atoms with Gasteiger partial charge in [0, 0.05) is 17.8 Å². The van der Waals surface area contributed by atoms with E-state index in [1.54, 1.807) is 24.3 Å². The van der Waals surface area contributed by atoms with Crippen LogP contribution in [0.2, 0.25) is 0 Å². The number of fused-ring (bicyclic) bond motifs is 2. The molecular formula is C19H18N2O5S. The molecule has 2 aromatic rings. The Morgan fingerprint density at radius 1 is 1.07 bits per heavy atom. The van der Waals surface area contributed by atoms with Gasteiger partial charge in [0.25, 0.3) is 15.9 Å². The van der Waals surface area contributed by atoms with Crippen molar-refractivity contribution in [1.82, 2.24) is 5.32 Å². The summed E-state index contributed by atoms with van der Waals surface area (Å²) in [7, 11) is -3.95. The molecule has 0 bridgehead atoms. The lowest BCUT2D eigenvalue weighted by atomic mass is 10.00. The molecule has 8 heteroatoms. The molecule has 7 nitrogen and oxygen atoms in total. The zero-order valence-corrected chi connectivity index (χ0v) is 15.2. The number of carboxylic acids is 1. The van der Waals surface area contributed by atoms with Gasteiger partial charge in [-0.2, -0.15) is 0 Å². The van der Waals surface area contributed by atoms with Crippen molar-refractivity contribution in [3.05, 3.63) is 58.1 Å². The standard InChI is InChI=1S/C19H18N2O5S/c22-18-16-5-4-14(9-12(16)6-7-20-18)21-27(25,26)17-10-13(19(23)24)8-11-2-1-3-15(11)17/h4-5,8-10,21H,1-3,6-7H2,(H,20,22)(H,23,24). The van der Waals surface area contributed by atoms with E-state index in [1.807, 2.05) is 0 Å². The Hall–Kier alpha value is -2.87. The van der Waals surface area contributed by atoms with Crippen LogP contribution in [0.5, 0.6) is 0 Å². The number of carboxylic acid groups (broad SMARTS) is 1. The van der Waals surface area contributed by atoms with Crippen LogP contribution in [-0.4, -0.2) is 31.9 Å². The molecule has 0 saturated carbocycles. The first-order valence-electron chi connectivity index (χ1n) is 8.68. The van der Waals surface area contributed by atoms with Gasteiger partial charge in [-0.05, 0) is 72.7 Å². The highest BCUT2D eigenvalue weighted by molar-refractivity contribution is 7.92. The van der Waals surface area contributed by atoms with Crippen molar-refractivity contribution < 1.29 is 23.1 Å². The second-order valence-corrected chi connectivity index (χ2v) is 8.40.